The highest BCUT2D eigenvalue weighted by molar-refractivity contribution is 7.16. The van der Waals surface area contributed by atoms with E-state index in [0.29, 0.717) is 9.75 Å². The smallest absolute Gasteiger partial charge is 0.259 e. The second-order valence-electron chi connectivity index (χ2n) is 2.94. The summed E-state index contributed by atoms with van der Waals surface area (Å²) >= 11 is 1.07. The van der Waals surface area contributed by atoms with Gasteiger partial charge in [-0.15, -0.1) is 11.3 Å². The summed E-state index contributed by atoms with van der Waals surface area (Å²) in [7, 11) is 0. The molecule has 0 bridgehead atoms. The first-order valence-electron chi connectivity index (χ1n) is 4.28. The molecule has 0 aliphatic carbocycles. The molecule has 0 spiro atoms. The van der Waals surface area contributed by atoms with Crippen LogP contribution in [0.15, 0.2) is 6.07 Å². The number of hydrogen-bond donors (Lipinski definition) is 2. The van der Waals surface area contributed by atoms with Crippen LogP contribution in [0, 0.1) is 0 Å². The highest BCUT2D eigenvalue weighted by atomic mass is 32.1. The number of carbonyl (C=O) groups is 2. The molecule has 14 heavy (non-hydrogen) atoms. The maximum absolute atomic E-state index is 11.0. The predicted octanol–water partition coefficient (Wildman–Crippen LogP) is 0.898. The van der Waals surface area contributed by atoms with Crippen molar-refractivity contribution in [1.29, 1.82) is 0 Å². The number of hydrogen-bond acceptors (Lipinski definition) is 3. The van der Waals surface area contributed by atoms with Crippen LogP contribution < -0.4 is 11.5 Å². The van der Waals surface area contributed by atoms with E-state index in [1.807, 2.05) is 6.92 Å². The Morgan fingerprint density at radius 3 is 2.43 bits per heavy atom. The molecule has 0 saturated heterocycles. The zero-order valence-electron chi connectivity index (χ0n) is 7.87. The van der Waals surface area contributed by atoms with Crippen LogP contribution in [0.25, 0.3) is 0 Å². The Balaban J connectivity index is 3.12. The summed E-state index contributed by atoms with van der Waals surface area (Å²) in [6.07, 6.45) is 1.64. The van der Waals surface area contributed by atoms with Gasteiger partial charge in [0.2, 0.25) is 0 Å². The van der Waals surface area contributed by atoms with Gasteiger partial charge in [0.1, 0.15) is 0 Å². The van der Waals surface area contributed by atoms with Crippen molar-refractivity contribution in [2.24, 2.45) is 11.5 Å². The van der Waals surface area contributed by atoms with E-state index < -0.39 is 11.8 Å². The Hall–Kier alpha value is -1.36. The Kier molecular flexibility index (Phi) is 3.24. The van der Waals surface area contributed by atoms with Crippen LogP contribution >= 0.6 is 11.3 Å². The van der Waals surface area contributed by atoms with Crippen molar-refractivity contribution in [3.63, 3.8) is 0 Å². The molecular weight excluding hydrogens is 200 g/mol. The van der Waals surface area contributed by atoms with E-state index in [0.717, 1.165) is 29.7 Å². The monoisotopic (exact) mass is 212 g/mol. The van der Waals surface area contributed by atoms with Crippen molar-refractivity contribution < 1.29 is 9.59 Å². The lowest BCUT2D eigenvalue weighted by atomic mass is 10.1. The first-order valence-corrected chi connectivity index (χ1v) is 5.10. The van der Waals surface area contributed by atoms with Crippen LogP contribution in [-0.4, -0.2) is 11.8 Å². The van der Waals surface area contributed by atoms with Crippen LogP contribution in [0.3, 0.4) is 0 Å². The average molecular weight is 212 g/mol. The molecule has 2 amide bonds. The highest BCUT2D eigenvalue weighted by Crippen LogP contribution is 2.22. The first-order chi connectivity index (χ1) is 6.56. The molecule has 5 heteroatoms. The van der Waals surface area contributed by atoms with Gasteiger partial charge in [-0.3, -0.25) is 9.59 Å². The Labute approximate surface area is 85.9 Å². The minimum absolute atomic E-state index is 0.391. The molecule has 0 radical (unpaired) electrons. The fourth-order valence-electron chi connectivity index (χ4n) is 1.21. The number of primary amides is 2. The van der Waals surface area contributed by atoms with E-state index >= 15 is 0 Å². The van der Waals surface area contributed by atoms with E-state index in [-0.39, 0.29) is 0 Å². The van der Waals surface area contributed by atoms with E-state index in [1.54, 1.807) is 6.07 Å². The van der Waals surface area contributed by atoms with E-state index in [9.17, 15) is 9.59 Å². The number of thiophene rings is 1. The zero-order chi connectivity index (χ0) is 10.7. The van der Waals surface area contributed by atoms with Crippen molar-refractivity contribution in [3.8, 4) is 0 Å². The fraction of sp³-hybridized carbons (Fsp3) is 0.333. The van der Waals surface area contributed by atoms with Crippen LogP contribution in [0.4, 0.5) is 0 Å². The highest BCUT2D eigenvalue weighted by Gasteiger charge is 2.15. The summed E-state index contributed by atoms with van der Waals surface area (Å²) in [5.41, 5.74) is 11.1. The molecule has 0 fully saturated rings. The second-order valence-corrected chi connectivity index (χ2v) is 4.00. The summed E-state index contributed by atoms with van der Waals surface area (Å²) in [5, 5.41) is 0. The second kappa shape index (κ2) is 4.23. The minimum atomic E-state index is -0.514. The van der Waals surface area contributed by atoms with E-state index in [1.165, 1.54) is 0 Å². The van der Waals surface area contributed by atoms with Crippen molar-refractivity contribution in [2.75, 3.05) is 0 Å². The van der Waals surface area contributed by atoms with Gasteiger partial charge in [-0.1, -0.05) is 13.3 Å². The lowest BCUT2D eigenvalue weighted by Crippen LogP contribution is -2.11. The molecule has 1 rings (SSSR count). The van der Waals surface area contributed by atoms with Gasteiger partial charge in [-0.2, -0.15) is 0 Å². The lowest BCUT2D eigenvalue weighted by molar-refractivity contribution is 0.0996. The molecule has 0 unspecified atom stereocenters. The van der Waals surface area contributed by atoms with Gasteiger partial charge in [-0.05, 0) is 18.1 Å². The number of amides is 2. The predicted molar refractivity (Wildman–Crippen MR) is 55.3 cm³/mol. The molecule has 0 aliphatic heterocycles. The molecule has 0 aliphatic rings. The number of aryl methyl sites for hydroxylation is 1. The molecule has 1 heterocycles. The third kappa shape index (κ3) is 2.11. The molecule has 0 aromatic carbocycles. The Morgan fingerprint density at radius 1 is 1.36 bits per heavy atom. The third-order valence-corrected chi connectivity index (χ3v) is 3.00. The number of rotatable bonds is 4. The summed E-state index contributed by atoms with van der Waals surface area (Å²) in [5.74, 6) is -1.01. The molecule has 0 atom stereocenters. The van der Waals surface area contributed by atoms with Crippen molar-refractivity contribution in [2.45, 2.75) is 19.8 Å². The van der Waals surface area contributed by atoms with Gasteiger partial charge < -0.3 is 11.5 Å². The topological polar surface area (TPSA) is 86.2 Å². The Morgan fingerprint density at radius 2 is 2.00 bits per heavy atom. The van der Waals surface area contributed by atoms with Crippen molar-refractivity contribution in [3.05, 3.63) is 21.4 Å². The maximum Gasteiger partial charge on any atom is 0.259 e. The third-order valence-electron chi connectivity index (χ3n) is 1.79. The average Bonchev–Trinajstić information content (AvgIpc) is 2.49. The summed E-state index contributed by atoms with van der Waals surface area (Å²) in [6.45, 7) is 1.99. The Bertz CT molecular complexity index is 371. The van der Waals surface area contributed by atoms with E-state index in [4.69, 9.17) is 11.5 Å². The van der Waals surface area contributed by atoms with Crippen LogP contribution in [0.2, 0.25) is 0 Å². The van der Waals surface area contributed by atoms with Crippen molar-refractivity contribution >= 4 is 23.2 Å². The molecule has 4 nitrogen and oxygen atoms in total. The summed E-state index contributed by atoms with van der Waals surface area (Å²) in [4.78, 5) is 22.7. The quantitative estimate of drug-likeness (QED) is 0.776. The van der Waals surface area contributed by atoms with Gasteiger partial charge in [0, 0.05) is 0 Å². The molecule has 76 valence electrons. The van der Waals surface area contributed by atoms with Gasteiger partial charge in [-0.25, -0.2) is 0 Å². The first kappa shape index (κ1) is 10.7. The maximum atomic E-state index is 11.0. The van der Waals surface area contributed by atoms with Gasteiger partial charge in [0.15, 0.2) is 0 Å². The van der Waals surface area contributed by atoms with E-state index in [2.05, 4.69) is 0 Å². The number of carbonyl (C=O) groups excluding carboxylic acids is 2. The van der Waals surface area contributed by atoms with Crippen LogP contribution in [0.5, 0.6) is 0 Å². The lowest BCUT2D eigenvalue weighted by Gasteiger charge is -1.95. The van der Waals surface area contributed by atoms with Gasteiger partial charge in [0.25, 0.3) is 11.8 Å². The molecular formula is C9H12N2O2S. The zero-order valence-corrected chi connectivity index (χ0v) is 8.69. The van der Waals surface area contributed by atoms with Crippen LogP contribution in [0.1, 0.15) is 38.3 Å². The minimum Gasteiger partial charge on any atom is -0.365 e. The normalized spacial score (nSPS) is 10.1. The molecule has 1 aromatic rings. The van der Waals surface area contributed by atoms with Crippen LogP contribution in [-0.2, 0) is 6.42 Å². The molecule has 4 N–H and O–H groups in total. The molecule has 1 aromatic heterocycles. The van der Waals surface area contributed by atoms with Gasteiger partial charge >= 0.3 is 0 Å². The standard InChI is InChI=1S/C9H12N2O2S/c1-2-3-5-4-6(8(10)12)14-7(5)9(11)13/h4H,2-3H2,1H3,(H2,10,12)(H2,11,13). The fourth-order valence-corrected chi connectivity index (χ4v) is 2.13. The summed E-state index contributed by atoms with van der Waals surface area (Å²) < 4.78 is 0. The SMILES string of the molecule is CCCc1cc(C(N)=O)sc1C(N)=O. The number of nitrogens with two attached hydrogens (primary N) is 2. The van der Waals surface area contributed by atoms with Crippen molar-refractivity contribution in [1.82, 2.24) is 0 Å². The van der Waals surface area contributed by atoms with Gasteiger partial charge in [0.05, 0.1) is 9.75 Å². The molecule has 0 saturated carbocycles. The summed E-state index contributed by atoms with van der Waals surface area (Å²) in [6, 6.07) is 1.65. The largest absolute Gasteiger partial charge is 0.365 e.